The largest absolute Gasteiger partial charge is 0.468 e. The minimum Gasteiger partial charge on any atom is -0.468 e. The monoisotopic (exact) mass is 355 g/mol. The van der Waals surface area contributed by atoms with Crippen molar-refractivity contribution in [3.63, 3.8) is 0 Å². The maximum Gasteiger partial charge on any atom is 0.253 e. The molecule has 2 aliphatic heterocycles. The first-order chi connectivity index (χ1) is 12.7. The van der Waals surface area contributed by atoms with E-state index in [1.54, 1.807) is 30.8 Å². The molecule has 2 aromatic heterocycles. The van der Waals surface area contributed by atoms with Crippen molar-refractivity contribution in [3.05, 3.63) is 54.2 Å². The highest BCUT2D eigenvalue weighted by atomic mass is 16.5. The van der Waals surface area contributed by atoms with E-state index in [9.17, 15) is 4.79 Å². The third kappa shape index (κ3) is 3.52. The van der Waals surface area contributed by atoms with Gasteiger partial charge in [-0.3, -0.25) is 14.7 Å². The summed E-state index contributed by atoms with van der Waals surface area (Å²) < 4.78 is 11.7. The molecule has 4 heterocycles. The van der Waals surface area contributed by atoms with E-state index in [1.165, 1.54) is 0 Å². The fourth-order valence-electron chi connectivity index (χ4n) is 4.02. The van der Waals surface area contributed by atoms with Gasteiger partial charge in [-0.05, 0) is 50.6 Å². The van der Waals surface area contributed by atoms with Crippen LogP contribution in [0.15, 0.2) is 47.3 Å². The van der Waals surface area contributed by atoms with Crippen LogP contribution in [0.25, 0.3) is 0 Å². The molecule has 1 atom stereocenters. The Morgan fingerprint density at radius 2 is 2.08 bits per heavy atom. The lowest BCUT2D eigenvalue weighted by Crippen LogP contribution is -2.47. The number of nitrogens with zero attached hydrogens (tertiary/aromatic N) is 3. The van der Waals surface area contributed by atoms with Crippen molar-refractivity contribution < 1.29 is 13.9 Å². The summed E-state index contributed by atoms with van der Waals surface area (Å²) in [7, 11) is 2.12. The lowest BCUT2D eigenvalue weighted by atomic mass is 9.87. The summed E-state index contributed by atoms with van der Waals surface area (Å²) in [4.78, 5) is 20.8. The number of hydrogen-bond donors (Lipinski definition) is 0. The van der Waals surface area contributed by atoms with Gasteiger partial charge in [0.25, 0.3) is 5.91 Å². The van der Waals surface area contributed by atoms with Gasteiger partial charge in [-0.2, -0.15) is 0 Å². The average molecular weight is 355 g/mol. The molecule has 6 nitrogen and oxygen atoms in total. The van der Waals surface area contributed by atoms with Crippen LogP contribution in [-0.2, 0) is 11.3 Å². The van der Waals surface area contributed by atoms with Crippen molar-refractivity contribution in [1.29, 1.82) is 0 Å². The second-order valence-electron chi connectivity index (χ2n) is 7.37. The van der Waals surface area contributed by atoms with Gasteiger partial charge in [0.05, 0.1) is 25.0 Å². The first-order valence-corrected chi connectivity index (χ1v) is 9.21. The second-order valence-corrected chi connectivity index (χ2v) is 7.37. The van der Waals surface area contributed by atoms with Crippen LogP contribution in [0.1, 0.15) is 35.4 Å². The van der Waals surface area contributed by atoms with Crippen LogP contribution in [-0.4, -0.2) is 59.1 Å². The van der Waals surface area contributed by atoms with Gasteiger partial charge in [-0.1, -0.05) is 0 Å². The Morgan fingerprint density at radius 1 is 1.31 bits per heavy atom. The van der Waals surface area contributed by atoms with E-state index < -0.39 is 0 Å². The van der Waals surface area contributed by atoms with Crippen LogP contribution in [0.3, 0.4) is 0 Å². The number of rotatable bonds is 4. The number of hydrogen-bond acceptors (Lipinski definition) is 5. The van der Waals surface area contributed by atoms with Gasteiger partial charge in [0, 0.05) is 37.1 Å². The van der Waals surface area contributed by atoms with E-state index in [-0.39, 0.29) is 11.5 Å². The summed E-state index contributed by atoms with van der Waals surface area (Å²) in [5.41, 5.74) is 0.622. The zero-order valence-corrected chi connectivity index (χ0v) is 15.1. The maximum atomic E-state index is 12.6. The molecule has 1 spiro atoms. The molecule has 2 aliphatic rings. The molecule has 138 valence electrons. The van der Waals surface area contributed by atoms with Gasteiger partial charge >= 0.3 is 0 Å². The molecule has 6 heteroatoms. The van der Waals surface area contributed by atoms with Gasteiger partial charge < -0.3 is 14.1 Å². The van der Waals surface area contributed by atoms with Crippen molar-refractivity contribution in [1.82, 2.24) is 14.8 Å². The van der Waals surface area contributed by atoms with Gasteiger partial charge in [0.1, 0.15) is 5.76 Å². The van der Waals surface area contributed by atoms with E-state index in [0.29, 0.717) is 11.6 Å². The van der Waals surface area contributed by atoms with Crippen LogP contribution in [0.5, 0.6) is 0 Å². The van der Waals surface area contributed by atoms with E-state index in [1.807, 2.05) is 17.0 Å². The van der Waals surface area contributed by atoms with E-state index in [4.69, 9.17) is 9.15 Å². The zero-order valence-electron chi connectivity index (χ0n) is 15.1. The number of piperidine rings is 1. The fraction of sp³-hybridized carbons (Fsp3) is 0.500. The molecule has 0 aliphatic carbocycles. The third-order valence-electron chi connectivity index (χ3n) is 5.69. The zero-order chi connectivity index (χ0) is 18.0. The predicted octanol–water partition coefficient (Wildman–Crippen LogP) is 2.57. The highest BCUT2D eigenvalue weighted by Gasteiger charge is 2.44. The number of amides is 1. The molecule has 4 rings (SSSR count). The van der Waals surface area contributed by atoms with Crippen LogP contribution >= 0.6 is 0 Å². The van der Waals surface area contributed by atoms with Crippen molar-refractivity contribution in [2.45, 2.75) is 37.5 Å². The molecule has 0 unspecified atom stereocenters. The number of aromatic nitrogens is 1. The average Bonchev–Trinajstić information content (AvgIpc) is 3.33. The number of carbonyl (C=O) groups is 1. The number of furan rings is 1. The summed E-state index contributed by atoms with van der Waals surface area (Å²) in [6, 6.07) is 7.87. The predicted molar refractivity (Wildman–Crippen MR) is 96.6 cm³/mol. The maximum absolute atomic E-state index is 12.6. The highest BCUT2D eigenvalue weighted by molar-refractivity contribution is 5.94. The van der Waals surface area contributed by atoms with Crippen LogP contribution in [0.4, 0.5) is 0 Å². The first-order valence-electron chi connectivity index (χ1n) is 9.21. The van der Waals surface area contributed by atoms with Gasteiger partial charge in [0.2, 0.25) is 0 Å². The number of carbonyl (C=O) groups excluding carboxylic acids is 1. The Kier molecular flexibility index (Phi) is 4.78. The fourth-order valence-corrected chi connectivity index (χ4v) is 4.02. The van der Waals surface area contributed by atoms with Gasteiger partial charge in [-0.15, -0.1) is 0 Å². The smallest absolute Gasteiger partial charge is 0.253 e. The molecule has 2 saturated heterocycles. The normalized spacial score (nSPS) is 22.2. The SMILES string of the molecule is CN(Cc1ccco1)[C@@H]1COC2(CCN(C(=O)c3ccncc3)CC2)C1. The van der Waals surface area contributed by atoms with Gasteiger partial charge in [0.15, 0.2) is 0 Å². The van der Waals surface area contributed by atoms with Crippen LogP contribution < -0.4 is 0 Å². The minimum absolute atomic E-state index is 0.0862. The molecule has 0 aromatic carbocycles. The Balaban J connectivity index is 1.32. The van der Waals surface area contributed by atoms with Crippen molar-refractivity contribution in [3.8, 4) is 0 Å². The Hall–Kier alpha value is -2.18. The summed E-state index contributed by atoms with van der Waals surface area (Å²) >= 11 is 0. The first kappa shape index (κ1) is 17.2. The number of likely N-dealkylation sites (tertiary alicyclic amines) is 1. The standard InChI is InChI=1S/C20H25N3O3/c1-22(14-18-3-2-12-25-18)17-13-20(26-15-17)6-10-23(11-7-20)19(24)16-4-8-21-9-5-16/h2-5,8-9,12,17H,6-7,10-11,13-15H2,1H3/t17-/m0/s1. The van der Waals surface area contributed by atoms with E-state index >= 15 is 0 Å². The number of likely N-dealkylation sites (N-methyl/N-ethyl adjacent to an activating group) is 1. The highest BCUT2D eigenvalue weighted by Crippen LogP contribution is 2.38. The number of pyridine rings is 1. The van der Waals surface area contributed by atoms with Crippen LogP contribution in [0.2, 0.25) is 0 Å². The third-order valence-corrected chi connectivity index (χ3v) is 5.69. The molecule has 2 fully saturated rings. The topological polar surface area (TPSA) is 58.8 Å². The molecule has 0 bridgehead atoms. The van der Waals surface area contributed by atoms with Crippen molar-refractivity contribution >= 4 is 5.91 Å². The Bertz CT molecular complexity index is 724. The second kappa shape index (κ2) is 7.21. The summed E-state index contributed by atoms with van der Waals surface area (Å²) in [5, 5.41) is 0. The molecule has 1 amide bonds. The Labute approximate surface area is 153 Å². The lowest BCUT2D eigenvalue weighted by Gasteiger charge is -2.39. The molecule has 0 radical (unpaired) electrons. The molecule has 0 saturated carbocycles. The molecular formula is C20H25N3O3. The molecule has 0 N–H and O–H groups in total. The molecular weight excluding hydrogens is 330 g/mol. The van der Waals surface area contributed by atoms with E-state index in [2.05, 4.69) is 16.9 Å². The quantitative estimate of drug-likeness (QED) is 0.844. The summed E-state index contributed by atoms with van der Waals surface area (Å²) in [5.74, 6) is 1.07. The summed E-state index contributed by atoms with van der Waals surface area (Å²) in [6.45, 7) is 3.03. The van der Waals surface area contributed by atoms with Crippen molar-refractivity contribution in [2.75, 3.05) is 26.7 Å². The van der Waals surface area contributed by atoms with E-state index in [0.717, 1.165) is 51.3 Å². The van der Waals surface area contributed by atoms with Crippen LogP contribution in [0, 0.1) is 0 Å². The molecule has 26 heavy (non-hydrogen) atoms. The minimum atomic E-state index is -0.0862. The lowest BCUT2D eigenvalue weighted by molar-refractivity contribution is -0.0393. The van der Waals surface area contributed by atoms with Crippen molar-refractivity contribution in [2.24, 2.45) is 0 Å². The van der Waals surface area contributed by atoms with Gasteiger partial charge in [-0.25, -0.2) is 0 Å². The number of ether oxygens (including phenoxy) is 1. The Morgan fingerprint density at radius 3 is 2.77 bits per heavy atom. The molecule has 2 aromatic rings. The summed E-state index contributed by atoms with van der Waals surface area (Å²) in [6.07, 6.45) is 7.85.